The van der Waals surface area contributed by atoms with Crippen LogP contribution in [-0.2, 0) is 0 Å². The van der Waals surface area contributed by atoms with E-state index in [1.165, 1.54) is 13.2 Å². The maximum Gasteiger partial charge on any atom is 0.253 e. The van der Waals surface area contributed by atoms with Crippen molar-refractivity contribution >= 4 is 45.7 Å². The molecule has 0 aliphatic carbocycles. The van der Waals surface area contributed by atoms with E-state index in [9.17, 15) is 9.59 Å². The first-order valence-corrected chi connectivity index (χ1v) is 5.08. The second-order valence-electron chi connectivity index (χ2n) is 2.46. The molecule has 0 aliphatic heterocycles. The van der Waals surface area contributed by atoms with Crippen molar-refractivity contribution in [3.63, 3.8) is 0 Å². The van der Waals surface area contributed by atoms with Gasteiger partial charge in [0.05, 0.1) is 7.11 Å². The van der Waals surface area contributed by atoms with E-state index in [2.05, 4.69) is 0 Å². The fourth-order valence-electron chi connectivity index (χ4n) is 0.993. The normalized spacial score (nSPS) is 9.64. The lowest BCUT2D eigenvalue weighted by molar-refractivity contribution is 0.106. The molecule has 0 bridgehead atoms. The lowest BCUT2D eigenvalue weighted by Crippen LogP contribution is -2.00. The van der Waals surface area contributed by atoms with Gasteiger partial charge >= 0.3 is 0 Å². The highest BCUT2D eigenvalue weighted by Crippen LogP contribution is 2.24. The van der Waals surface area contributed by atoms with Crippen LogP contribution in [0.2, 0.25) is 0 Å². The number of benzene rings is 1. The topological polar surface area (TPSA) is 43.4 Å². The van der Waals surface area contributed by atoms with E-state index in [-0.39, 0.29) is 5.56 Å². The molecule has 5 heteroatoms. The van der Waals surface area contributed by atoms with Crippen LogP contribution >= 0.6 is 34.2 Å². The summed E-state index contributed by atoms with van der Waals surface area (Å²) in [7, 11) is 1.48. The van der Waals surface area contributed by atoms with Crippen molar-refractivity contribution in [3.05, 3.63) is 26.8 Å². The number of aldehydes is 1. The molecule has 1 aromatic rings. The average Bonchev–Trinajstić information content (AvgIpc) is 2.16. The summed E-state index contributed by atoms with van der Waals surface area (Å²) in [6, 6.07) is 3.11. The standard InChI is InChI=1S/C9H6ClIO3/c1-14-5-2-6(9(10)13)7(4-12)8(11)3-5/h2-4H,1H3. The lowest BCUT2D eigenvalue weighted by Gasteiger charge is -2.06. The number of ether oxygens (including phenoxy) is 1. The van der Waals surface area contributed by atoms with Gasteiger partial charge in [-0.2, -0.15) is 0 Å². The molecule has 0 unspecified atom stereocenters. The molecule has 0 aliphatic rings. The number of hydrogen-bond donors (Lipinski definition) is 0. The van der Waals surface area contributed by atoms with Gasteiger partial charge in [-0.15, -0.1) is 0 Å². The van der Waals surface area contributed by atoms with Crippen molar-refractivity contribution in [2.24, 2.45) is 0 Å². The summed E-state index contributed by atoms with van der Waals surface area (Å²) in [4.78, 5) is 21.7. The summed E-state index contributed by atoms with van der Waals surface area (Å²) in [5, 5.41) is -0.663. The third-order valence-electron chi connectivity index (χ3n) is 1.67. The molecular formula is C9H6ClIO3. The highest BCUT2D eigenvalue weighted by atomic mass is 127. The fraction of sp³-hybridized carbons (Fsp3) is 0.111. The van der Waals surface area contributed by atoms with Crippen molar-refractivity contribution in [3.8, 4) is 5.75 Å². The van der Waals surface area contributed by atoms with Gasteiger partial charge in [0, 0.05) is 14.7 Å². The third kappa shape index (κ3) is 2.24. The van der Waals surface area contributed by atoms with E-state index in [4.69, 9.17) is 16.3 Å². The molecular weight excluding hydrogens is 318 g/mol. The molecule has 0 aromatic heterocycles. The number of carbonyl (C=O) groups is 2. The van der Waals surface area contributed by atoms with E-state index in [1.807, 2.05) is 22.6 Å². The lowest BCUT2D eigenvalue weighted by atomic mass is 10.1. The molecule has 14 heavy (non-hydrogen) atoms. The van der Waals surface area contributed by atoms with E-state index in [0.29, 0.717) is 21.2 Å². The summed E-state index contributed by atoms with van der Waals surface area (Å²) in [5.74, 6) is 0.504. The van der Waals surface area contributed by atoms with Gasteiger partial charge in [0.25, 0.3) is 5.24 Å². The summed E-state index contributed by atoms with van der Waals surface area (Å²) in [5.41, 5.74) is 0.469. The van der Waals surface area contributed by atoms with Crippen LogP contribution in [0, 0.1) is 3.57 Å². The van der Waals surface area contributed by atoms with Gasteiger partial charge in [0.15, 0.2) is 6.29 Å². The molecule has 0 saturated carbocycles. The van der Waals surface area contributed by atoms with Gasteiger partial charge in [-0.3, -0.25) is 9.59 Å². The van der Waals surface area contributed by atoms with Crippen LogP contribution in [-0.4, -0.2) is 18.6 Å². The molecule has 0 spiro atoms. The summed E-state index contributed by atoms with van der Waals surface area (Å²) >= 11 is 7.28. The largest absolute Gasteiger partial charge is 0.497 e. The Balaban J connectivity index is 3.43. The second-order valence-corrected chi connectivity index (χ2v) is 3.97. The van der Waals surface area contributed by atoms with Crippen LogP contribution in [0.15, 0.2) is 12.1 Å². The van der Waals surface area contributed by atoms with Crippen molar-refractivity contribution in [1.82, 2.24) is 0 Å². The first-order chi connectivity index (χ1) is 6.60. The molecule has 0 atom stereocenters. The molecule has 1 aromatic carbocycles. The maximum atomic E-state index is 11.0. The zero-order valence-electron chi connectivity index (χ0n) is 7.21. The molecule has 1 rings (SSSR count). The molecule has 0 radical (unpaired) electrons. The summed E-state index contributed by atoms with van der Waals surface area (Å²) in [6.45, 7) is 0. The van der Waals surface area contributed by atoms with Crippen LogP contribution < -0.4 is 4.74 Å². The summed E-state index contributed by atoms with van der Waals surface area (Å²) in [6.07, 6.45) is 0.608. The van der Waals surface area contributed by atoms with E-state index in [1.54, 1.807) is 6.07 Å². The van der Waals surface area contributed by atoms with Gasteiger partial charge in [0.1, 0.15) is 5.75 Å². The minimum absolute atomic E-state index is 0.172. The Morgan fingerprint density at radius 1 is 1.57 bits per heavy atom. The Labute approximate surface area is 99.5 Å². The SMILES string of the molecule is COc1cc(I)c(C=O)c(C(=O)Cl)c1. The Hall–Kier alpha value is -0.620. The predicted molar refractivity (Wildman–Crippen MR) is 61.3 cm³/mol. The van der Waals surface area contributed by atoms with Crippen LogP contribution in [0.4, 0.5) is 0 Å². The van der Waals surface area contributed by atoms with E-state index in [0.717, 1.165) is 0 Å². The van der Waals surface area contributed by atoms with Crippen LogP contribution in [0.1, 0.15) is 20.7 Å². The van der Waals surface area contributed by atoms with E-state index >= 15 is 0 Å². The Bertz CT molecular complexity index is 390. The zero-order chi connectivity index (χ0) is 10.7. The number of halogens is 2. The molecule has 0 amide bonds. The van der Waals surface area contributed by atoms with Crippen molar-refractivity contribution < 1.29 is 14.3 Å². The van der Waals surface area contributed by atoms with Crippen LogP contribution in [0.25, 0.3) is 0 Å². The number of hydrogen-bond acceptors (Lipinski definition) is 3. The number of methoxy groups -OCH3 is 1. The van der Waals surface area contributed by atoms with Gasteiger partial charge in [0.2, 0.25) is 0 Å². The molecule has 74 valence electrons. The van der Waals surface area contributed by atoms with Crippen LogP contribution in [0.3, 0.4) is 0 Å². The fourth-order valence-corrected chi connectivity index (χ4v) is 1.87. The second kappa shape index (κ2) is 4.75. The zero-order valence-corrected chi connectivity index (χ0v) is 10.1. The maximum absolute atomic E-state index is 11.0. The van der Waals surface area contributed by atoms with Gasteiger partial charge in [-0.25, -0.2) is 0 Å². The Morgan fingerprint density at radius 3 is 2.64 bits per heavy atom. The van der Waals surface area contributed by atoms with Gasteiger partial charge in [-0.05, 0) is 46.3 Å². The van der Waals surface area contributed by atoms with Crippen LogP contribution in [0.5, 0.6) is 5.75 Å². The molecule has 3 nitrogen and oxygen atoms in total. The first kappa shape index (κ1) is 11.5. The van der Waals surface area contributed by atoms with Gasteiger partial charge in [-0.1, -0.05) is 0 Å². The summed E-state index contributed by atoms with van der Waals surface area (Å²) < 4.78 is 5.59. The Morgan fingerprint density at radius 2 is 2.21 bits per heavy atom. The van der Waals surface area contributed by atoms with Crippen molar-refractivity contribution in [2.45, 2.75) is 0 Å². The van der Waals surface area contributed by atoms with Crippen molar-refractivity contribution in [2.75, 3.05) is 7.11 Å². The highest BCUT2D eigenvalue weighted by molar-refractivity contribution is 14.1. The Kier molecular flexibility index (Phi) is 3.88. The van der Waals surface area contributed by atoms with E-state index < -0.39 is 5.24 Å². The number of carbonyl (C=O) groups excluding carboxylic acids is 2. The minimum Gasteiger partial charge on any atom is -0.497 e. The van der Waals surface area contributed by atoms with Gasteiger partial charge < -0.3 is 4.74 Å². The molecule has 0 heterocycles. The predicted octanol–water partition coefficient (Wildman–Crippen LogP) is 2.49. The first-order valence-electron chi connectivity index (χ1n) is 3.62. The molecule has 0 fully saturated rings. The molecule has 0 N–H and O–H groups in total. The number of rotatable bonds is 3. The quantitative estimate of drug-likeness (QED) is 0.487. The average molecular weight is 325 g/mol. The molecule has 0 saturated heterocycles. The minimum atomic E-state index is -0.663. The highest BCUT2D eigenvalue weighted by Gasteiger charge is 2.13. The third-order valence-corrected chi connectivity index (χ3v) is 2.76. The van der Waals surface area contributed by atoms with Crippen molar-refractivity contribution in [1.29, 1.82) is 0 Å². The smallest absolute Gasteiger partial charge is 0.253 e. The monoisotopic (exact) mass is 324 g/mol.